The molecule has 0 aliphatic heterocycles. The van der Waals surface area contributed by atoms with Crippen molar-refractivity contribution in [1.82, 2.24) is 24.9 Å². The summed E-state index contributed by atoms with van der Waals surface area (Å²) in [4.78, 5) is 22.6. The van der Waals surface area contributed by atoms with Crippen molar-refractivity contribution >= 4 is 28.5 Å². The highest BCUT2D eigenvalue weighted by molar-refractivity contribution is 6.28. The molecule has 0 amide bonds. The zero-order valence-corrected chi connectivity index (χ0v) is 14.7. The van der Waals surface area contributed by atoms with E-state index in [-0.39, 0.29) is 0 Å². The lowest BCUT2D eigenvalue weighted by Gasteiger charge is -2.21. The summed E-state index contributed by atoms with van der Waals surface area (Å²) in [7, 11) is 2.13. The van der Waals surface area contributed by atoms with Crippen LogP contribution in [0.5, 0.6) is 0 Å². The Morgan fingerprint density at radius 1 is 1.20 bits per heavy atom. The number of halogens is 1. The van der Waals surface area contributed by atoms with Gasteiger partial charge >= 0.3 is 0 Å². The maximum atomic E-state index is 5.93. The lowest BCUT2D eigenvalue weighted by Crippen LogP contribution is -2.23. The van der Waals surface area contributed by atoms with Crippen LogP contribution >= 0.6 is 11.6 Å². The predicted octanol–water partition coefficient (Wildman–Crippen LogP) is 3.28. The van der Waals surface area contributed by atoms with Gasteiger partial charge in [0, 0.05) is 37.6 Å². The van der Waals surface area contributed by atoms with Crippen LogP contribution in [0.2, 0.25) is 5.28 Å². The van der Waals surface area contributed by atoms with E-state index < -0.39 is 0 Å². The summed E-state index contributed by atoms with van der Waals surface area (Å²) < 4.78 is 0. The second-order valence-electron chi connectivity index (χ2n) is 7.23. The molecular weight excluding hydrogens is 336 g/mol. The minimum Gasteiger partial charge on any atom is -0.359 e. The van der Waals surface area contributed by atoms with Crippen LogP contribution in [-0.4, -0.2) is 38.5 Å². The molecule has 1 N–H and O–H groups in total. The summed E-state index contributed by atoms with van der Waals surface area (Å²) in [6.45, 7) is 1.05. The highest BCUT2D eigenvalue weighted by Crippen LogP contribution is 2.62. The van der Waals surface area contributed by atoms with Gasteiger partial charge in [0.25, 0.3) is 0 Å². The Hall–Kier alpha value is -2.21. The molecule has 25 heavy (non-hydrogen) atoms. The molecule has 2 unspecified atom stereocenters. The Bertz CT molecular complexity index is 913. The van der Waals surface area contributed by atoms with Gasteiger partial charge < -0.3 is 9.88 Å². The minimum atomic E-state index is 0.355. The van der Waals surface area contributed by atoms with Crippen molar-refractivity contribution in [1.29, 1.82) is 0 Å². The second-order valence-corrected chi connectivity index (χ2v) is 7.57. The molecule has 3 heterocycles. The molecule has 2 aliphatic carbocycles. The van der Waals surface area contributed by atoms with Gasteiger partial charge in [0.05, 0.1) is 5.39 Å². The second kappa shape index (κ2) is 5.66. The van der Waals surface area contributed by atoms with Crippen molar-refractivity contribution in [2.45, 2.75) is 18.8 Å². The first-order valence-corrected chi connectivity index (χ1v) is 9.06. The fraction of sp³-hybridized carbons (Fsp3) is 0.444. The molecule has 2 aliphatic rings. The molecule has 3 aromatic rings. The van der Waals surface area contributed by atoms with Crippen molar-refractivity contribution in [3.8, 4) is 0 Å². The SMILES string of the molecule is CN(CC1[C@H]2CC(c3ccnc(Cl)n3)C[C@@H]12)c1ncnc2[nH]ccc12. The largest absolute Gasteiger partial charge is 0.359 e. The fourth-order valence-corrected chi connectivity index (χ4v) is 4.78. The average Bonchev–Trinajstić information content (AvgIpc) is 3.02. The topological polar surface area (TPSA) is 70.6 Å². The van der Waals surface area contributed by atoms with E-state index in [1.807, 2.05) is 18.3 Å². The standard InChI is InChI=1S/C18H19ClN6/c1-25(17-11-2-4-20-16(11)22-9-23-17)8-14-12-6-10(7-13(12)14)15-3-5-21-18(19)24-15/h2-5,9-10,12-14H,6-8H2,1H3,(H,20,22,23)/t10?,12-,13+,14?. The molecule has 0 aromatic carbocycles. The van der Waals surface area contributed by atoms with Crippen molar-refractivity contribution < 1.29 is 0 Å². The molecule has 6 nitrogen and oxygen atoms in total. The molecule has 4 atom stereocenters. The van der Waals surface area contributed by atoms with Crippen LogP contribution in [0.15, 0.2) is 30.9 Å². The monoisotopic (exact) mass is 354 g/mol. The van der Waals surface area contributed by atoms with E-state index in [4.69, 9.17) is 11.6 Å². The third kappa shape index (κ3) is 2.56. The molecule has 7 heteroatoms. The van der Waals surface area contributed by atoms with E-state index in [0.717, 1.165) is 46.8 Å². The lowest BCUT2D eigenvalue weighted by atomic mass is 9.96. The smallest absolute Gasteiger partial charge is 0.222 e. The fourth-order valence-electron chi connectivity index (χ4n) is 4.63. The van der Waals surface area contributed by atoms with Crippen LogP contribution in [0.25, 0.3) is 11.0 Å². The number of H-pyrrole nitrogens is 1. The van der Waals surface area contributed by atoms with Gasteiger partial charge in [-0.2, -0.15) is 0 Å². The predicted molar refractivity (Wildman–Crippen MR) is 96.6 cm³/mol. The maximum Gasteiger partial charge on any atom is 0.222 e. The zero-order valence-electron chi connectivity index (χ0n) is 13.9. The number of anilines is 1. The normalized spacial score (nSPS) is 27.4. The summed E-state index contributed by atoms with van der Waals surface area (Å²) in [5, 5.41) is 1.44. The number of aromatic nitrogens is 5. The van der Waals surface area contributed by atoms with E-state index in [2.05, 4.69) is 36.9 Å². The number of rotatable bonds is 4. The number of aromatic amines is 1. The van der Waals surface area contributed by atoms with E-state index in [1.54, 1.807) is 12.5 Å². The summed E-state index contributed by atoms with van der Waals surface area (Å²) in [5.41, 5.74) is 2.00. The molecule has 0 bridgehead atoms. The summed E-state index contributed by atoms with van der Waals surface area (Å²) >= 11 is 5.93. The van der Waals surface area contributed by atoms with Crippen LogP contribution in [0.4, 0.5) is 5.82 Å². The van der Waals surface area contributed by atoms with Gasteiger partial charge in [-0.3, -0.25) is 0 Å². The maximum absolute atomic E-state index is 5.93. The van der Waals surface area contributed by atoms with Crippen LogP contribution in [-0.2, 0) is 0 Å². The third-order valence-corrected chi connectivity index (χ3v) is 6.05. The number of fused-ring (bicyclic) bond motifs is 2. The molecule has 0 radical (unpaired) electrons. The van der Waals surface area contributed by atoms with Gasteiger partial charge in [0.15, 0.2) is 0 Å². The third-order valence-electron chi connectivity index (χ3n) is 5.87. The first-order chi connectivity index (χ1) is 12.2. The van der Waals surface area contributed by atoms with Gasteiger partial charge in [0.2, 0.25) is 5.28 Å². The summed E-state index contributed by atoms with van der Waals surface area (Å²) in [5.74, 6) is 3.89. The van der Waals surface area contributed by atoms with Gasteiger partial charge in [0.1, 0.15) is 17.8 Å². The van der Waals surface area contributed by atoms with E-state index in [1.165, 1.54) is 12.8 Å². The van der Waals surface area contributed by atoms with Crippen molar-refractivity contribution in [3.05, 3.63) is 41.8 Å². The molecule has 5 rings (SSSR count). The molecule has 0 spiro atoms. The van der Waals surface area contributed by atoms with Gasteiger partial charge in [-0.1, -0.05) is 0 Å². The van der Waals surface area contributed by atoms with Gasteiger partial charge in [-0.05, 0) is 54.3 Å². The molecule has 2 fully saturated rings. The number of nitrogens with zero attached hydrogens (tertiary/aromatic N) is 5. The first-order valence-electron chi connectivity index (χ1n) is 8.68. The molecular formula is C18H19ClN6. The average molecular weight is 355 g/mol. The Kier molecular flexibility index (Phi) is 3.41. The van der Waals surface area contributed by atoms with Gasteiger partial charge in [-0.15, -0.1) is 0 Å². The summed E-state index contributed by atoms with van der Waals surface area (Å²) in [6.07, 6.45) is 7.73. The Morgan fingerprint density at radius 3 is 2.84 bits per heavy atom. The van der Waals surface area contributed by atoms with Crippen LogP contribution in [0.1, 0.15) is 24.5 Å². The summed E-state index contributed by atoms with van der Waals surface area (Å²) in [6, 6.07) is 4.05. The number of hydrogen-bond acceptors (Lipinski definition) is 5. The molecule has 3 aromatic heterocycles. The number of nitrogens with one attached hydrogen (secondary N) is 1. The van der Waals surface area contributed by atoms with E-state index in [0.29, 0.717) is 11.2 Å². The highest BCUT2D eigenvalue weighted by Gasteiger charge is 2.56. The van der Waals surface area contributed by atoms with Crippen molar-refractivity contribution in [3.63, 3.8) is 0 Å². The molecule has 128 valence electrons. The molecule has 0 saturated heterocycles. The van der Waals surface area contributed by atoms with E-state index >= 15 is 0 Å². The zero-order chi connectivity index (χ0) is 17.0. The highest BCUT2D eigenvalue weighted by atomic mass is 35.5. The van der Waals surface area contributed by atoms with Crippen LogP contribution < -0.4 is 4.90 Å². The quantitative estimate of drug-likeness (QED) is 0.728. The van der Waals surface area contributed by atoms with Gasteiger partial charge in [-0.25, -0.2) is 19.9 Å². The van der Waals surface area contributed by atoms with Crippen molar-refractivity contribution in [2.75, 3.05) is 18.5 Å². The molecule has 2 saturated carbocycles. The van der Waals surface area contributed by atoms with Crippen LogP contribution in [0, 0.1) is 17.8 Å². The Labute approximate surface area is 150 Å². The van der Waals surface area contributed by atoms with Crippen LogP contribution in [0.3, 0.4) is 0 Å². The Balaban J connectivity index is 1.26. The Morgan fingerprint density at radius 2 is 2.04 bits per heavy atom. The lowest BCUT2D eigenvalue weighted by molar-refractivity contribution is 0.521. The minimum absolute atomic E-state index is 0.355. The van der Waals surface area contributed by atoms with E-state index in [9.17, 15) is 0 Å². The first kappa shape index (κ1) is 15.1. The van der Waals surface area contributed by atoms with Crippen molar-refractivity contribution in [2.24, 2.45) is 17.8 Å². The number of hydrogen-bond donors (Lipinski definition) is 1.